The Labute approximate surface area is 126 Å². The summed E-state index contributed by atoms with van der Waals surface area (Å²) in [6.45, 7) is 3.93. The van der Waals surface area contributed by atoms with Gasteiger partial charge in [0.15, 0.2) is 5.12 Å². The first-order chi connectivity index (χ1) is 9.60. The van der Waals surface area contributed by atoms with Crippen LogP contribution in [-0.2, 0) is 24.0 Å². The standard InChI is InChI=1S/C11H19N2O7S/c1-7(14)12-8(9(15)19-4)5-21-10(16)11(2,3)6-20-13(17)18/h8,17H,5-6H2,1-4H3,(H,12,14)/q-1. The lowest BCUT2D eigenvalue weighted by Gasteiger charge is -2.27. The minimum absolute atomic E-state index is 0.0191. The molecule has 0 aliphatic carbocycles. The molecule has 10 heteroatoms. The molecule has 0 saturated carbocycles. The molecule has 1 unspecified atom stereocenters. The largest absolute Gasteiger partial charge is 0.738 e. The van der Waals surface area contributed by atoms with Crippen molar-refractivity contribution in [1.29, 1.82) is 0 Å². The number of nitrogens with zero attached hydrogens (tertiary/aromatic N) is 1. The minimum atomic E-state index is -1.06. The Kier molecular flexibility index (Phi) is 8.44. The van der Waals surface area contributed by atoms with E-state index in [1.165, 1.54) is 27.9 Å². The van der Waals surface area contributed by atoms with Gasteiger partial charge < -0.3 is 20.5 Å². The Bertz CT molecular complexity index is 387. The lowest BCUT2D eigenvalue weighted by atomic mass is 9.97. The average molecular weight is 323 g/mol. The quantitative estimate of drug-likeness (QED) is 0.471. The third-order valence-corrected chi connectivity index (χ3v) is 3.65. The molecular formula is C11H19N2O7S-. The van der Waals surface area contributed by atoms with Crippen molar-refractivity contribution in [2.75, 3.05) is 19.5 Å². The first-order valence-corrected chi connectivity index (χ1v) is 6.90. The van der Waals surface area contributed by atoms with Gasteiger partial charge in [0.05, 0.1) is 19.1 Å². The van der Waals surface area contributed by atoms with Gasteiger partial charge in [-0.15, -0.1) is 5.39 Å². The molecule has 21 heavy (non-hydrogen) atoms. The molecule has 0 heterocycles. The van der Waals surface area contributed by atoms with Crippen LogP contribution in [0.5, 0.6) is 0 Å². The van der Waals surface area contributed by atoms with E-state index in [9.17, 15) is 19.6 Å². The Hall–Kier alpha value is -1.20. The molecule has 0 aliphatic rings. The number of hydrogen-bond donors (Lipinski definition) is 2. The summed E-state index contributed by atoms with van der Waals surface area (Å²) in [5.41, 5.74) is -1.06. The van der Waals surface area contributed by atoms with E-state index in [0.29, 0.717) is 0 Å². The molecule has 0 fully saturated rings. The van der Waals surface area contributed by atoms with E-state index in [1.807, 2.05) is 0 Å². The third-order valence-electron chi connectivity index (χ3n) is 2.33. The van der Waals surface area contributed by atoms with Crippen LogP contribution < -0.4 is 5.32 Å². The molecule has 0 radical (unpaired) electrons. The Morgan fingerprint density at radius 3 is 2.43 bits per heavy atom. The monoisotopic (exact) mass is 323 g/mol. The van der Waals surface area contributed by atoms with Crippen molar-refractivity contribution < 1.29 is 29.2 Å². The van der Waals surface area contributed by atoms with Crippen molar-refractivity contribution in [3.05, 3.63) is 5.21 Å². The number of carbonyl (C=O) groups excluding carboxylic acids is 3. The zero-order chi connectivity index (χ0) is 16.6. The van der Waals surface area contributed by atoms with Gasteiger partial charge in [-0.3, -0.25) is 14.4 Å². The molecule has 0 saturated heterocycles. The summed E-state index contributed by atoms with van der Waals surface area (Å²) in [4.78, 5) is 38.7. The van der Waals surface area contributed by atoms with Crippen LogP contribution >= 0.6 is 11.8 Å². The zero-order valence-electron chi connectivity index (χ0n) is 12.2. The fourth-order valence-electron chi connectivity index (χ4n) is 1.19. The van der Waals surface area contributed by atoms with E-state index < -0.39 is 28.7 Å². The maximum absolute atomic E-state index is 12.0. The van der Waals surface area contributed by atoms with Gasteiger partial charge >= 0.3 is 5.97 Å². The van der Waals surface area contributed by atoms with E-state index in [2.05, 4.69) is 14.9 Å². The van der Waals surface area contributed by atoms with Crippen molar-refractivity contribution in [2.45, 2.75) is 26.8 Å². The number of nitrogens with one attached hydrogen (secondary N) is 1. The second-order valence-electron chi connectivity index (χ2n) is 4.77. The Morgan fingerprint density at radius 1 is 1.43 bits per heavy atom. The lowest BCUT2D eigenvalue weighted by Crippen LogP contribution is -2.43. The highest BCUT2D eigenvalue weighted by molar-refractivity contribution is 8.13. The molecule has 9 nitrogen and oxygen atoms in total. The van der Waals surface area contributed by atoms with Crippen molar-refractivity contribution in [2.24, 2.45) is 5.41 Å². The van der Waals surface area contributed by atoms with Crippen molar-refractivity contribution in [3.63, 3.8) is 0 Å². The van der Waals surface area contributed by atoms with Gasteiger partial charge in [0.1, 0.15) is 6.04 Å². The molecule has 0 bridgehead atoms. The molecular weight excluding hydrogens is 304 g/mol. The molecule has 122 valence electrons. The number of methoxy groups -OCH3 is 1. The fraction of sp³-hybridized carbons (Fsp3) is 0.727. The molecule has 0 aromatic carbocycles. The van der Waals surface area contributed by atoms with Crippen LogP contribution in [0.2, 0.25) is 0 Å². The second-order valence-corrected chi connectivity index (χ2v) is 5.76. The van der Waals surface area contributed by atoms with Crippen LogP contribution in [0.1, 0.15) is 20.8 Å². The number of ether oxygens (including phenoxy) is 1. The smallest absolute Gasteiger partial charge is 0.329 e. The molecule has 0 spiro atoms. The van der Waals surface area contributed by atoms with Crippen LogP contribution in [0.4, 0.5) is 0 Å². The summed E-state index contributed by atoms with van der Waals surface area (Å²) in [5, 5.41) is 19.9. The second kappa shape index (κ2) is 8.95. The molecule has 0 aromatic heterocycles. The van der Waals surface area contributed by atoms with Gasteiger partial charge in [0, 0.05) is 12.7 Å². The van der Waals surface area contributed by atoms with Gasteiger partial charge in [-0.2, -0.15) is 0 Å². The first-order valence-electron chi connectivity index (χ1n) is 5.91. The molecule has 0 rings (SSSR count). The number of hydrogen-bond acceptors (Lipinski definition) is 9. The minimum Gasteiger partial charge on any atom is -0.738 e. The maximum atomic E-state index is 12.0. The molecule has 0 aliphatic heterocycles. The van der Waals surface area contributed by atoms with Crippen molar-refractivity contribution >= 4 is 28.8 Å². The molecule has 2 N–H and O–H groups in total. The average Bonchev–Trinajstić information content (AvgIpc) is 2.39. The maximum Gasteiger partial charge on any atom is 0.329 e. The summed E-state index contributed by atoms with van der Waals surface area (Å²) in [6, 6.07) is -0.952. The van der Waals surface area contributed by atoms with Crippen LogP contribution in [0.3, 0.4) is 0 Å². The summed E-state index contributed by atoms with van der Waals surface area (Å²) >= 11 is 0.792. The van der Waals surface area contributed by atoms with E-state index in [-0.39, 0.29) is 17.5 Å². The van der Waals surface area contributed by atoms with Crippen molar-refractivity contribution in [1.82, 2.24) is 10.7 Å². The highest BCUT2D eigenvalue weighted by atomic mass is 32.2. The molecule has 1 atom stereocenters. The number of carbonyl (C=O) groups is 3. The van der Waals surface area contributed by atoms with Gasteiger partial charge in [-0.1, -0.05) is 11.8 Å². The number of rotatable bonds is 8. The first kappa shape index (κ1) is 19.8. The van der Waals surface area contributed by atoms with Crippen LogP contribution in [0, 0.1) is 10.6 Å². The summed E-state index contributed by atoms with van der Waals surface area (Å²) in [7, 11) is 1.17. The third kappa shape index (κ3) is 7.97. The van der Waals surface area contributed by atoms with Gasteiger partial charge in [0.2, 0.25) is 5.91 Å². The van der Waals surface area contributed by atoms with E-state index in [1.54, 1.807) is 0 Å². The van der Waals surface area contributed by atoms with Crippen molar-refractivity contribution in [3.8, 4) is 0 Å². The zero-order valence-corrected chi connectivity index (χ0v) is 13.1. The Balaban J connectivity index is 4.53. The topological polar surface area (TPSA) is 128 Å². The SMILES string of the molecule is COC(=O)C(CSC(=O)C(C)(C)CON([O-])O)NC(C)=O. The van der Waals surface area contributed by atoms with Crippen LogP contribution in [0.15, 0.2) is 0 Å². The molecule has 1 amide bonds. The number of amides is 1. The predicted molar refractivity (Wildman–Crippen MR) is 73.8 cm³/mol. The van der Waals surface area contributed by atoms with Crippen LogP contribution in [-0.4, -0.2) is 53.1 Å². The predicted octanol–water partition coefficient (Wildman–Crippen LogP) is 0.0707. The van der Waals surface area contributed by atoms with Gasteiger partial charge in [-0.05, 0) is 13.8 Å². The highest BCUT2D eigenvalue weighted by Gasteiger charge is 2.31. The van der Waals surface area contributed by atoms with E-state index >= 15 is 0 Å². The van der Waals surface area contributed by atoms with Crippen LogP contribution in [0.25, 0.3) is 0 Å². The summed E-state index contributed by atoms with van der Waals surface area (Å²) in [6.07, 6.45) is 0. The molecule has 0 aromatic rings. The number of esters is 1. The highest BCUT2D eigenvalue weighted by Crippen LogP contribution is 2.25. The fourth-order valence-corrected chi connectivity index (χ4v) is 2.17. The normalized spacial score (nSPS) is 12.9. The van der Waals surface area contributed by atoms with E-state index in [4.69, 9.17) is 5.21 Å². The van der Waals surface area contributed by atoms with E-state index in [0.717, 1.165) is 11.8 Å². The van der Waals surface area contributed by atoms with Gasteiger partial charge in [0.25, 0.3) is 0 Å². The summed E-state index contributed by atoms with van der Waals surface area (Å²) < 4.78 is 4.53. The summed E-state index contributed by atoms with van der Waals surface area (Å²) in [5.74, 6) is -1.11. The number of thioether (sulfide) groups is 1. The lowest BCUT2D eigenvalue weighted by molar-refractivity contribution is -0.313. The Morgan fingerprint density at radius 2 is 2.00 bits per heavy atom. The van der Waals surface area contributed by atoms with Gasteiger partial charge in [-0.25, -0.2) is 4.79 Å².